The van der Waals surface area contributed by atoms with Crippen molar-refractivity contribution in [2.75, 3.05) is 19.8 Å². The largest absolute Gasteiger partial charge is 0.379 e. The van der Waals surface area contributed by atoms with E-state index >= 15 is 0 Å². The van der Waals surface area contributed by atoms with E-state index in [4.69, 9.17) is 9.47 Å². The van der Waals surface area contributed by atoms with Gasteiger partial charge in [-0.25, -0.2) is 0 Å². The second-order valence-electron chi connectivity index (χ2n) is 1.61. The van der Waals surface area contributed by atoms with E-state index in [9.17, 15) is 0 Å². The highest BCUT2D eigenvalue weighted by molar-refractivity contribution is 4.66. The Bertz CT molecular complexity index is 50.0. The first-order valence-electron chi connectivity index (χ1n) is 2.63. The van der Waals surface area contributed by atoms with Gasteiger partial charge in [0.25, 0.3) is 0 Å². The van der Waals surface area contributed by atoms with Gasteiger partial charge in [0, 0.05) is 6.61 Å². The molecular weight excluding hydrogens is 92.1 g/mol. The van der Waals surface area contributed by atoms with Crippen LogP contribution in [0.15, 0.2) is 0 Å². The third-order valence-electron chi connectivity index (χ3n) is 0.910. The fourth-order valence-corrected chi connectivity index (χ4v) is 0.414. The third-order valence-corrected chi connectivity index (χ3v) is 0.910. The molecule has 42 valence electrons. The Kier molecular flexibility index (Phi) is 1.65. The monoisotopic (exact) mass is 102 g/mol. The molecule has 0 aromatic carbocycles. The van der Waals surface area contributed by atoms with Crippen LogP contribution in [-0.4, -0.2) is 25.9 Å². The highest BCUT2D eigenvalue weighted by Crippen LogP contribution is 2.07. The Morgan fingerprint density at radius 2 is 2.57 bits per heavy atom. The summed E-state index contributed by atoms with van der Waals surface area (Å²) >= 11 is 0. The van der Waals surface area contributed by atoms with Gasteiger partial charge in [0.1, 0.15) is 6.10 Å². The predicted octanol–water partition coefficient (Wildman–Crippen LogP) is 0.422. The van der Waals surface area contributed by atoms with Gasteiger partial charge >= 0.3 is 0 Å². The van der Waals surface area contributed by atoms with Gasteiger partial charge in [-0.15, -0.1) is 0 Å². The number of epoxide rings is 1. The SMILES string of the molecule is CCOC[C@H]1CO1. The maximum atomic E-state index is 5.03. The van der Waals surface area contributed by atoms with Gasteiger partial charge in [0.15, 0.2) is 0 Å². The molecule has 0 amide bonds. The summed E-state index contributed by atoms with van der Waals surface area (Å²) < 4.78 is 9.92. The lowest BCUT2D eigenvalue weighted by Crippen LogP contribution is -1.99. The zero-order valence-corrected chi connectivity index (χ0v) is 4.52. The van der Waals surface area contributed by atoms with Crippen molar-refractivity contribution in [1.82, 2.24) is 0 Å². The van der Waals surface area contributed by atoms with E-state index in [0.717, 1.165) is 19.8 Å². The maximum Gasteiger partial charge on any atom is 0.104 e. The second-order valence-corrected chi connectivity index (χ2v) is 1.61. The van der Waals surface area contributed by atoms with E-state index in [1.54, 1.807) is 0 Å². The predicted molar refractivity (Wildman–Crippen MR) is 26.2 cm³/mol. The molecule has 0 spiro atoms. The molecule has 7 heavy (non-hydrogen) atoms. The maximum absolute atomic E-state index is 5.03. The topological polar surface area (TPSA) is 21.8 Å². The van der Waals surface area contributed by atoms with Gasteiger partial charge in [0.2, 0.25) is 0 Å². The first-order chi connectivity index (χ1) is 3.43. The first-order valence-corrected chi connectivity index (χ1v) is 2.63. The minimum absolute atomic E-state index is 0.431. The summed E-state index contributed by atoms with van der Waals surface area (Å²) in [6, 6.07) is 0. The highest BCUT2D eigenvalue weighted by Gasteiger charge is 2.21. The van der Waals surface area contributed by atoms with Crippen LogP contribution < -0.4 is 0 Å². The molecule has 1 fully saturated rings. The number of hydrogen-bond donors (Lipinski definition) is 0. The van der Waals surface area contributed by atoms with Gasteiger partial charge in [0.05, 0.1) is 13.2 Å². The van der Waals surface area contributed by atoms with Gasteiger partial charge < -0.3 is 9.47 Å². The molecule has 1 aliphatic rings. The Labute approximate surface area is 43.4 Å². The molecule has 1 rings (SSSR count). The van der Waals surface area contributed by atoms with Crippen LogP contribution in [0, 0.1) is 0 Å². The lowest BCUT2D eigenvalue weighted by Gasteiger charge is -1.91. The van der Waals surface area contributed by atoms with E-state index in [1.165, 1.54) is 0 Å². The van der Waals surface area contributed by atoms with Crippen molar-refractivity contribution < 1.29 is 9.47 Å². The Morgan fingerprint density at radius 1 is 1.86 bits per heavy atom. The lowest BCUT2D eigenvalue weighted by atomic mass is 10.5. The molecule has 1 atom stereocenters. The van der Waals surface area contributed by atoms with Gasteiger partial charge in [-0.2, -0.15) is 0 Å². The molecule has 0 saturated carbocycles. The van der Waals surface area contributed by atoms with Crippen molar-refractivity contribution in [3.63, 3.8) is 0 Å². The van der Waals surface area contributed by atoms with Crippen LogP contribution >= 0.6 is 0 Å². The zero-order valence-electron chi connectivity index (χ0n) is 4.52. The molecule has 0 bridgehead atoms. The smallest absolute Gasteiger partial charge is 0.104 e. The van der Waals surface area contributed by atoms with Crippen LogP contribution in [0.5, 0.6) is 0 Å². The fourth-order valence-electron chi connectivity index (χ4n) is 0.414. The summed E-state index contributed by atoms with van der Waals surface area (Å²) in [6.45, 7) is 4.48. The Morgan fingerprint density at radius 3 is 3.00 bits per heavy atom. The molecule has 0 aromatic rings. The summed E-state index contributed by atoms with van der Waals surface area (Å²) in [6.07, 6.45) is 0.431. The van der Waals surface area contributed by atoms with Crippen LogP contribution in [0.3, 0.4) is 0 Å². The quantitative estimate of drug-likeness (QED) is 0.482. The standard InChI is InChI=1S/C5H10O2/c1-2-6-3-5-4-7-5/h5H,2-4H2,1H3/t5-/m0/s1. The normalized spacial score (nSPS) is 27.9. The van der Waals surface area contributed by atoms with E-state index < -0.39 is 0 Å². The molecule has 0 aromatic heterocycles. The van der Waals surface area contributed by atoms with Crippen LogP contribution in [-0.2, 0) is 9.47 Å². The first kappa shape index (κ1) is 5.06. The lowest BCUT2D eigenvalue weighted by molar-refractivity contribution is 0.128. The van der Waals surface area contributed by atoms with Crippen molar-refractivity contribution in [3.8, 4) is 0 Å². The molecule has 2 nitrogen and oxygen atoms in total. The molecule has 1 saturated heterocycles. The molecule has 1 heterocycles. The molecule has 0 radical (unpaired) electrons. The zero-order chi connectivity index (χ0) is 5.11. The van der Waals surface area contributed by atoms with E-state index in [1.807, 2.05) is 6.92 Å². The summed E-state index contributed by atoms with van der Waals surface area (Å²) in [7, 11) is 0. The highest BCUT2D eigenvalue weighted by atomic mass is 16.6. The molecule has 2 heteroatoms. The van der Waals surface area contributed by atoms with Crippen LogP contribution in [0.4, 0.5) is 0 Å². The van der Waals surface area contributed by atoms with Gasteiger partial charge in [-0.1, -0.05) is 0 Å². The minimum atomic E-state index is 0.431. The molecule has 0 aliphatic carbocycles. The van der Waals surface area contributed by atoms with Crippen molar-refractivity contribution in [3.05, 3.63) is 0 Å². The summed E-state index contributed by atoms with van der Waals surface area (Å²) in [4.78, 5) is 0. The molecule has 0 unspecified atom stereocenters. The van der Waals surface area contributed by atoms with Crippen LogP contribution in [0.1, 0.15) is 6.92 Å². The summed E-state index contributed by atoms with van der Waals surface area (Å²) in [5, 5.41) is 0. The number of rotatable bonds is 3. The van der Waals surface area contributed by atoms with Crippen molar-refractivity contribution >= 4 is 0 Å². The van der Waals surface area contributed by atoms with Crippen molar-refractivity contribution in [2.24, 2.45) is 0 Å². The van der Waals surface area contributed by atoms with Crippen molar-refractivity contribution in [2.45, 2.75) is 13.0 Å². The molecule has 1 aliphatic heterocycles. The second kappa shape index (κ2) is 2.28. The van der Waals surface area contributed by atoms with Crippen LogP contribution in [0.25, 0.3) is 0 Å². The van der Waals surface area contributed by atoms with E-state index in [2.05, 4.69) is 0 Å². The average Bonchev–Trinajstić information content (AvgIpc) is 2.42. The summed E-state index contributed by atoms with van der Waals surface area (Å²) in [5.74, 6) is 0. The number of hydrogen-bond acceptors (Lipinski definition) is 2. The van der Waals surface area contributed by atoms with Gasteiger partial charge in [-0.05, 0) is 6.92 Å². The van der Waals surface area contributed by atoms with Gasteiger partial charge in [-0.3, -0.25) is 0 Å². The minimum Gasteiger partial charge on any atom is -0.379 e. The van der Waals surface area contributed by atoms with Crippen LogP contribution in [0.2, 0.25) is 0 Å². The Balaban J connectivity index is 1.80. The fraction of sp³-hybridized carbons (Fsp3) is 1.00. The van der Waals surface area contributed by atoms with Crippen molar-refractivity contribution in [1.29, 1.82) is 0 Å². The number of ether oxygens (including phenoxy) is 2. The van der Waals surface area contributed by atoms with E-state index in [0.29, 0.717) is 6.10 Å². The Hall–Kier alpha value is -0.0800. The average molecular weight is 102 g/mol. The molecular formula is C5H10O2. The molecule has 0 N–H and O–H groups in total. The van der Waals surface area contributed by atoms with E-state index in [-0.39, 0.29) is 0 Å². The summed E-state index contributed by atoms with van der Waals surface area (Å²) in [5.41, 5.74) is 0. The third kappa shape index (κ3) is 1.90.